The molecule has 0 unspecified atom stereocenters. The lowest BCUT2D eigenvalue weighted by Crippen LogP contribution is -2.77. The second-order valence-electron chi connectivity index (χ2n) is 4.35. The number of hydrogen-bond donors (Lipinski definition) is 1. The summed E-state index contributed by atoms with van der Waals surface area (Å²) in [5, 5.41) is 0.521. The van der Waals surface area contributed by atoms with Crippen molar-refractivity contribution >= 4 is 33.5 Å². The van der Waals surface area contributed by atoms with E-state index in [4.69, 9.17) is 0 Å². The summed E-state index contributed by atoms with van der Waals surface area (Å²) in [7, 11) is -2.86. The molecule has 2 saturated heterocycles. The Morgan fingerprint density at radius 3 is 2.45 bits per heavy atom. The molecule has 0 bridgehead atoms. The molecule has 0 spiro atoms. The number of rotatable bonds is 1. The summed E-state index contributed by atoms with van der Waals surface area (Å²) in [6.07, 6.45) is 0. The van der Waals surface area contributed by atoms with Crippen molar-refractivity contribution in [3.63, 3.8) is 0 Å². The van der Waals surface area contributed by atoms with Crippen LogP contribution < -0.4 is 5.43 Å². The third-order valence-corrected chi connectivity index (χ3v) is 4.54. The molecule has 1 N–H and O–H groups in total. The maximum atomic E-state index is 12.0. The lowest BCUT2D eigenvalue weighted by Gasteiger charge is -2.45. The van der Waals surface area contributed by atoms with Crippen LogP contribution in [0.5, 0.6) is 0 Å². The number of carbonyl (C=O) groups excluding carboxylic acids is 4. The molecule has 10 nitrogen and oxygen atoms in total. The van der Waals surface area contributed by atoms with Gasteiger partial charge in [0.25, 0.3) is 5.66 Å². The minimum absolute atomic E-state index is 0.521. The number of esters is 1. The quantitative estimate of drug-likeness (QED) is 0.402. The van der Waals surface area contributed by atoms with Crippen LogP contribution >= 0.6 is 0 Å². The molecule has 20 heavy (non-hydrogen) atoms. The number of hydrogen-bond acceptors (Lipinski definition) is 7. The van der Waals surface area contributed by atoms with E-state index < -0.39 is 50.8 Å². The maximum absolute atomic E-state index is 12.0. The molecule has 2 heterocycles. The Kier molecular flexibility index (Phi) is 2.96. The third kappa shape index (κ3) is 1.73. The van der Waals surface area contributed by atoms with Crippen molar-refractivity contribution in [2.24, 2.45) is 0 Å². The molecule has 2 aliphatic rings. The van der Waals surface area contributed by atoms with Gasteiger partial charge in [0.15, 0.2) is 9.84 Å². The zero-order valence-corrected chi connectivity index (χ0v) is 11.4. The highest BCUT2D eigenvalue weighted by molar-refractivity contribution is 7.91. The van der Waals surface area contributed by atoms with Gasteiger partial charge in [0.05, 0.1) is 7.11 Å². The highest BCUT2D eigenvalue weighted by atomic mass is 32.2. The number of nitrogens with zero attached hydrogens (tertiary/aromatic N) is 2. The predicted molar refractivity (Wildman–Crippen MR) is 60.9 cm³/mol. The van der Waals surface area contributed by atoms with Crippen LogP contribution in [0.15, 0.2) is 0 Å². The fraction of sp³-hybridized carbons (Fsp3) is 0.556. The van der Waals surface area contributed by atoms with E-state index in [-0.39, 0.29) is 0 Å². The molecule has 2 fully saturated rings. The van der Waals surface area contributed by atoms with Crippen LogP contribution in [0.25, 0.3) is 0 Å². The first-order valence-corrected chi connectivity index (χ1v) is 7.20. The number of fused-ring (bicyclic) bond motifs is 1. The topological polar surface area (TPSA) is 130 Å². The van der Waals surface area contributed by atoms with Gasteiger partial charge in [0.1, 0.15) is 11.6 Å². The number of amides is 3. The summed E-state index contributed by atoms with van der Waals surface area (Å²) in [6, 6.07) is 0. The first-order chi connectivity index (χ1) is 9.15. The minimum atomic E-state index is -3.85. The van der Waals surface area contributed by atoms with Gasteiger partial charge in [-0.3, -0.25) is 24.7 Å². The average Bonchev–Trinajstić information content (AvgIpc) is 2.65. The van der Waals surface area contributed by atoms with Gasteiger partial charge in [-0.2, -0.15) is 0 Å². The fourth-order valence-corrected chi connectivity index (χ4v) is 4.10. The van der Waals surface area contributed by atoms with Crippen molar-refractivity contribution in [3.8, 4) is 0 Å². The summed E-state index contributed by atoms with van der Waals surface area (Å²) in [5.74, 6) is -6.01. The lowest BCUT2D eigenvalue weighted by atomic mass is 10.1. The number of carbonyl (C=O) groups is 4. The standard InChI is InChI=1S/C9H11N3O7S/c1-5(13)12-9(8(16)19-2)3-20(17,18)4-11(9)7(15)6(14)10-12/h3-4H2,1-2H3,(H,10,14)/t9-/m1/s1. The summed E-state index contributed by atoms with van der Waals surface area (Å²) in [6.45, 7) is 1.02. The largest absolute Gasteiger partial charge is 0.466 e. The highest BCUT2D eigenvalue weighted by Crippen LogP contribution is 2.33. The predicted octanol–water partition coefficient (Wildman–Crippen LogP) is -3.04. The Hall–Kier alpha value is -2.17. The Labute approximate surface area is 113 Å². The molecule has 1 atom stereocenters. The molecule has 110 valence electrons. The first-order valence-electron chi connectivity index (χ1n) is 5.38. The number of methoxy groups -OCH3 is 1. The van der Waals surface area contributed by atoms with E-state index in [1.807, 2.05) is 5.43 Å². The molecule has 0 aromatic carbocycles. The van der Waals surface area contributed by atoms with Crippen molar-refractivity contribution < 1.29 is 32.3 Å². The molecular weight excluding hydrogens is 294 g/mol. The zero-order chi connectivity index (χ0) is 15.3. The molecule has 2 aliphatic heterocycles. The molecule has 0 aliphatic carbocycles. The van der Waals surface area contributed by atoms with Gasteiger partial charge in [0, 0.05) is 6.92 Å². The van der Waals surface area contributed by atoms with E-state index in [2.05, 4.69) is 4.74 Å². The Morgan fingerprint density at radius 2 is 1.95 bits per heavy atom. The van der Waals surface area contributed by atoms with E-state index in [1.165, 1.54) is 0 Å². The lowest BCUT2D eigenvalue weighted by molar-refractivity contribution is -0.191. The molecular formula is C9H11N3O7S. The van der Waals surface area contributed by atoms with Gasteiger partial charge in [-0.1, -0.05) is 0 Å². The van der Waals surface area contributed by atoms with Crippen LogP contribution in [0, 0.1) is 0 Å². The van der Waals surface area contributed by atoms with E-state index in [0.29, 0.717) is 9.91 Å². The van der Waals surface area contributed by atoms with Crippen molar-refractivity contribution in [2.45, 2.75) is 12.6 Å². The third-order valence-electron chi connectivity index (χ3n) is 3.04. The fourth-order valence-electron chi connectivity index (χ4n) is 2.27. The molecule has 2 rings (SSSR count). The molecule has 0 saturated carbocycles. The monoisotopic (exact) mass is 305 g/mol. The molecule has 3 amide bonds. The summed E-state index contributed by atoms with van der Waals surface area (Å²) in [5.41, 5.74) is -0.271. The Balaban J connectivity index is 2.67. The average molecular weight is 305 g/mol. The van der Waals surface area contributed by atoms with E-state index >= 15 is 0 Å². The second-order valence-corrected chi connectivity index (χ2v) is 6.39. The van der Waals surface area contributed by atoms with Crippen LogP contribution in [0.2, 0.25) is 0 Å². The maximum Gasteiger partial charge on any atom is 0.356 e. The van der Waals surface area contributed by atoms with Crippen LogP contribution in [0.3, 0.4) is 0 Å². The van der Waals surface area contributed by atoms with Gasteiger partial charge in [-0.05, 0) is 0 Å². The Morgan fingerprint density at radius 1 is 1.35 bits per heavy atom. The van der Waals surface area contributed by atoms with Crippen molar-refractivity contribution in [1.29, 1.82) is 0 Å². The van der Waals surface area contributed by atoms with Crippen molar-refractivity contribution in [2.75, 3.05) is 18.7 Å². The van der Waals surface area contributed by atoms with Crippen LogP contribution in [0.1, 0.15) is 6.92 Å². The second kappa shape index (κ2) is 4.16. The van der Waals surface area contributed by atoms with Gasteiger partial charge in [-0.25, -0.2) is 18.2 Å². The number of nitrogens with one attached hydrogen (secondary N) is 1. The normalized spacial score (nSPS) is 27.9. The summed E-state index contributed by atoms with van der Waals surface area (Å²) in [4.78, 5) is 47.4. The van der Waals surface area contributed by atoms with Crippen LogP contribution in [0.4, 0.5) is 0 Å². The van der Waals surface area contributed by atoms with E-state index in [9.17, 15) is 27.6 Å². The van der Waals surface area contributed by atoms with Crippen molar-refractivity contribution in [1.82, 2.24) is 15.3 Å². The number of sulfone groups is 1. The SMILES string of the molecule is COC(=O)[C@]12CS(=O)(=O)CN1C(=O)C(=O)NN2C(C)=O. The number of hydrazine groups is 1. The zero-order valence-electron chi connectivity index (χ0n) is 10.6. The van der Waals surface area contributed by atoms with Crippen LogP contribution in [-0.2, 0) is 33.8 Å². The van der Waals surface area contributed by atoms with Gasteiger partial charge >= 0.3 is 17.8 Å². The molecule has 11 heteroatoms. The van der Waals surface area contributed by atoms with Crippen molar-refractivity contribution in [3.05, 3.63) is 0 Å². The Bertz CT molecular complexity index is 627. The van der Waals surface area contributed by atoms with Gasteiger partial charge in [-0.15, -0.1) is 0 Å². The molecule has 0 aromatic heterocycles. The van der Waals surface area contributed by atoms with Crippen LogP contribution in [-0.4, -0.2) is 66.4 Å². The highest BCUT2D eigenvalue weighted by Gasteiger charge is 2.65. The van der Waals surface area contributed by atoms with E-state index in [0.717, 1.165) is 14.0 Å². The smallest absolute Gasteiger partial charge is 0.356 e. The number of ether oxygens (including phenoxy) is 1. The molecule has 0 aromatic rings. The van der Waals surface area contributed by atoms with Gasteiger partial charge in [0.2, 0.25) is 5.91 Å². The summed E-state index contributed by atoms with van der Waals surface area (Å²) < 4.78 is 28.0. The first kappa shape index (κ1) is 14.2. The minimum Gasteiger partial charge on any atom is -0.466 e. The summed E-state index contributed by atoms with van der Waals surface area (Å²) >= 11 is 0. The molecule has 0 radical (unpaired) electrons. The van der Waals surface area contributed by atoms with E-state index in [1.54, 1.807) is 0 Å². The van der Waals surface area contributed by atoms with Gasteiger partial charge < -0.3 is 4.74 Å².